The summed E-state index contributed by atoms with van der Waals surface area (Å²) in [7, 11) is -3.91. The van der Waals surface area contributed by atoms with E-state index in [2.05, 4.69) is 17.0 Å². The molecule has 33 heavy (non-hydrogen) atoms. The predicted octanol–water partition coefficient (Wildman–Crippen LogP) is 4.14. The molecule has 1 saturated heterocycles. The van der Waals surface area contributed by atoms with Crippen molar-refractivity contribution in [3.63, 3.8) is 0 Å². The molecule has 1 aliphatic heterocycles. The zero-order valence-corrected chi connectivity index (χ0v) is 20.9. The summed E-state index contributed by atoms with van der Waals surface area (Å²) in [5, 5.41) is 0.458. The van der Waals surface area contributed by atoms with Gasteiger partial charge in [-0.2, -0.15) is 4.31 Å². The van der Waals surface area contributed by atoms with Crippen LogP contribution in [0.3, 0.4) is 0 Å². The highest BCUT2D eigenvalue weighted by Crippen LogP contribution is 2.28. The lowest BCUT2D eigenvalue weighted by molar-refractivity contribution is -0.122. The van der Waals surface area contributed by atoms with Crippen molar-refractivity contribution < 1.29 is 13.2 Å². The zero-order valence-electron chi connectivity index (χ0n) is 19.4. The maximum absolute atomic E-state index is 13.6. The van der Waals surface area contributed by atoms with Crippen molar-refractivity contribution in [3.05, 3.63) is 65.2 Å². The highest BCUT2D eigenvalue weighted by Gasteiger charge is 2.37. The fourth-order valence-corrected chi connectivity index (χ4v) is 6.19. The first-order valence-electron chi connectivity index (χ1n) is 11.5. The number of carbonyl (C=O) groups is 1. The number of nitrogens with two attached hydrogens (primary N) is 1. The molecule has 0 aliphatic carbocycles. The van der Waals surface area contributed by atoms with Gasteiger partial charge in [0.2, 0.25) is 15.9 Å². The predicted molar refractivity (Wildman–Crippen MR) is 132 cm³/mol. The van der Waals surface area contributed by atoms with E-state index in [1.807, 2.05) is 32.0 Å². The molecule has 1 atom stereocenters. The van der Waals surface area contributed by atoms with Crippen LogP contribution in [0.25, 0.3) is 0 Å². The summed E-state index contributed by atoms with van der Waals surface area (Å²) in [6.45, 7) is 6.87. The molecule has 0 bridgehead atoms. The fourth-order valence-electron chi connectivity index (χ4n) is 4.38. The number of rotatable bonds is 10. The summed E-state index contributed by atoms with van der Waals surface area (Å²) in [6.07, 6.45) is 2.12. The van der Waals surface area contributed by atoms with Crippen molar-refractivity contribution in [1.29, 1.82) is 0 Å². The minimum Gasteiger partial charge on any atom is -0.368 e. The Bertz CT molecular complexity index is 1000. The largest absolute Gasteiger partial charge is 0.368 e. The lowest BCUT2D eigenvalue weighted by Crippen LogP contribution is -2.51. The average molecular weight is 492 g/mol. The number of halogens is 1. The standard InChI is InChI=1S/C25H34ClN3O3S/c1-19(2)16-24(25(27)30)29(33(31,32)23-10-8-22(26)9-11-23)18-21-12-14-28(15-13-21)17-20-6-4-3-5-7-20/h3-11,19,21,24H,12-18H2,1-2H3,(H2,27,30)/t24-/m1/s1. The molecule has 0 radical (unpaired) electrons. The third-order valence-corrected chi connectivity index (χ3v) is 8.33. The topological polar surface area (TPSA) is 83.7 Å². The number of benzene rings is 2. The number of likely N-dealkylation sites (tertiary alicyclic amines) is 1. The van der Waals surface area contributed by atoms with Gasteiger partial charge in [0.05, 0.1) is 4.90 Å². The summed E-state index contributed by atoms with van der Waals surface area (Å²) >= 11 is 5.96. The van der Waals surface area contributed by atoms with E-state index in [-0.39, 0.29) is 23.3 Å². The third kappa shape index (κ3) is 7.03. The van der Waals surface area contributed by atoms with E-state index in [1.54, 1.807) is 12.1 Å². The van der Waals surface area contributed by atoms with E-state index >= 15 is 0 Å². The monoisotopic (exact) mass is 491 g/mol. The molecule has 2 N–H and O–H groups in total. The van der Waals surface area contributed by atoms with Crippen molar-refractivity contribution in [2.45, 2.75) is 50.6 Å². The minimum absolute atomic E-state index is 0.123. The van der Waals surface area contributed by atoms with E-state index in [4.69, 9.17) is 17.3 Å². The van der Waals surface area contributed by atoms with Crippen LogP contribution in [0.2, 0.25) is 5.02 Å². The first-order chi connectivity index (χ1) is 15.7. The van der Waals surface area contributed by atoms with Gasteiger partial charge in [-0.05, 0) is 74.0 Å². The van der Waals surface area contributed by atoms with E-state index in [0.717, 1.165) is 32.5 Å². The van der Waals surface area contributed by atoms with Gasteiger partial charge in [0.25, 0.3) is 0 Å². The number of piperidine rings is 1. The second-order valence-electron chi connectivity index (χ2n) is 9.28. The van der Waals surface area contributed by atoms with Crippen LogP contribution in [0.15, 0.2) is 59.5 Å². The quantitative estimate of drug-likeness (QED) is 0.541. The highest BCUT2D eigenvalue weighted by molar-refractivity contribution is 7.89. The second-order valence-corrected chi connectivity index (χ2v) is 11.6. The summed E-state index contributed by atoms with van der Waals surface area (Å²) < 4.78 is 28.6. The molecule has 6 nitrogen and oxygen atoms in total. The van der Waals surface area contributed by atoms with E-state index < -0.39 is 22.0 Å². The molecule has 0 aromatic heterocycles. The van der Waals surface area contributed by atoms with Crippen molar-refractivity contribution in [3.8, 4) is 0 Å². The van der Waals surface area contributed by atoms with Gasteiger partial charge in [-0.1, -0.05) is 55.8 Å². The second kappa shape index (κ2) is 11.5. The summed E-state index contributed by atoms with van der Waals surface area (Å²) in [4.78, 5) is 14.9. The first kappa shape index (κ1) is 25.7. The summed E-state index contributed by atoms with van der Waals surface area (Å²) in [5.41, 5.74) is 7.00. The minimum atomic E-state index is -3.91. The highest BCUT2D eigenvalue weighted by atomic mass is 35.5. The fraction of sp³-hybridized carbons (Fsp3) is 0.480. The van der Waals surface area contributed by atoms with Gasteiger partial charge in [-0.3, -0.25) is 9.69 Å². The number of sulfonamides is 1. The molecule has 2 aromatic carbocycles. The van der Waals surface area contributed by atoms with Crippen LogP contribution < -0.4 is 5.73 Å². The number of hydrogen-bond donors (Lipinski definition) is 1. The molecule has 2 aromatic rings. The first-order valence-corrected chi connectivity index (χ1v) is 13.3. The maximum atomic E-state index is 13.6. The molecule has 0 spiro atoms. The third-order valence-electron chi connectivity index (χ3n) is 6.19. The molecule has 1 heterocycles. The molecule has 3 rings (SSSR count). The smallest absolute Gasteiger partial charge is 0.243 e. The average Bonchev–Trinajstić information content (AvgIpc) is 2.78. The lowest BCUT2D eigenvalue weighted by atomic mass is 9.95. The molecule has 8 heteroatoms. The van der Waals surface area contributed by atoms with Gasteiger partial charge in [-0.15, -0.1) is 0 Å². The van der Waals surface area contributed by atoms with E-state index in [9.17, 15) is 13.2 Å². The number of nitrogens with zero attached hydrogens (tertiary/aromatic N) is 2. The van der Waals surface area contributed by atoms with Crippen LogP contribution >= 0.6 is 11.6 Å². The summed E-state index contributed by atoms with van der Waals surface area (Å²) in [5.74, 6) is -0.325. The van der Waals surface area contributed by atoms with Crippen LogP contribution in [0.5, 0.6) is 0 Å². The Hall–Kier alpha value is -1.93. The Kier molecular flexibility index (Phi) is 8.93. The molecule has 1 fully saturated rings. The van der Waals surface area contributed by atoms with Crippen molar-refractivity contribution in [2.24, 2.45) is 17.6 Å². The molecule has 0 saturated carbocycles. The number of amides is 1. The SMILES string of the molecule is CC(C)C[C@H](C(N)=O)N(CC1CCN(Cc2ccccc2)CC1)S(=O)(=O)c1ccc(Cl)cc1. The Balaban J connectivity index is 1.77. The van der Waals surface area contributed by atoms with E-state index in [1.165, 1.54) is 22.0 Å². The number of carbonyl (C=O) groups excluding carboxylic acids is 1. The van der Waals surface area contributed by atoms with Crippen molar-refractivity contribution >= 4 is 27.5 Å². The Labute approximate surface area is 202 Å². The number of hydrogen-bond acceptors (Lipinski definition) is 4. The van der Waals surface area contributed by atoms with Crippen LogP contribution in [0, 0.1) is 11.8 Å². The zero-order chi connectivity index (χ0) is 24.0. The molecule has 1 aliphatic rings. The van der Waals surface area contributed by atoms with Gasteiger partial charge in [0, 0.05) is 18.1 Å². The maximum Gasteiger partial charge on any atom is 0.243 e. The van der Waals surface area contributed by atoms with Gasteiger partial charge in [0.15, 0.2) is 0 Å². The number of primary amides is 1. The normalized spacial score (nSPS) is 16.9. The van der Waals surface area contributed by atoms with Crippen LogP contribution in [-0.2, 0) is 21.4 Å². The molecule has 1 amide bonds. The molecule has 180 valence electrons. The lowest BCUT2D eigenvalue weighted by Gasteiger charge is -2.37. The Morgan fingerprint density at radius 2 is 1.70 bits per heavy atom. The van der Waals surface area contributed by atoms with E-state index in [0.29, 0.717) is 11.4 Å². The van der Waals surface area contributed by atoms with Gasteiger partial charge in [0.1, 0.15) is 6.04 Å². The molecule has 0 unspecified atom stereocenters. The molecular formula is C25H34ClN3O3S. The van der Waals surface area contributed by atoms with Gasteiger partial charge in [-0.25, -0.2) is 8.42 Å². The Morgan fingerprint density at radius 3 is 2.24 bits per heavy atom. The van der Waals surface area contributed by atoms with Crippen LogP contribution in [-0.4, -0.2) is 49.2 Å². The van der Waals surface area contributed by atoms with Crippen molar-refractivity contribution in [1.82, 2.24) is 9.21 Å². The van der Waals surface area contributed by atoms with Gasteiger partial charge < -0.3 is 5.73 Å². The molecular weight excluding hydrogens is 458 g/mol. The Morgan fingerprint density at radius 1 is 1.09 bits per heavy atom. The van der Waals surface area contributed by atoms with Gasteiger partial charge >= 0.3 is 0 Å². The van der Waals surface area contributed by atoms with Crippen molar-refractivity contribution in [2.75, 3.05) is 19.6 Å². The van der Waals surface area contributed by atoms with Crippen LogP contribution in [0.1, 0.15) is 38.7 Å². The summed E-state index contributed by atoms with van der Waals surface area (Å²) in [6, 6.07) is 15.5. The van der Waals surface area contributed by atoms with Crippen LogP contribution in [0.4, 0.5) is 0 Å².